The highest BCUT2D eigenvalue weighted by atomic mass is 35.5. The molecule has 0 aromatic carbocycles. The Balaban J connectivity index is 2.32. The fourth-order valence-corrected chi connectivity index (χ4v) is 1.22. The minimum absolute atomic E-state index is 0.225. The number of carbonyl (C=O) groups is 1. The zero-order valence-corrected chi connectivity index (χ0v) is 9.25. The Bertz CT molecular complexity index is 331. The fraction of sp³-hybridized carbons (Fsp3) is 0.400. The highest BCUT2D eigenvalue weighted by molar-refractivity contribution is 6.32. The van der Waals surface area contributed by atoms with E-state index in [2.05, 4.69) is 10.3 Å². The smallest absolute Gasteiger partial charge is 0.307 e. The summed E-state index contributed by atoms with van der Waals surface area (Å²) < 4.78 is 4.78. The van der Waals surface area contributed by atoms with Crippen molar-refractivity contribution in [3.63, 3.8) is 0 Å². The van der Waals surface area contributed by atoms with Crippen LogP contribution in [0.1, 0.15) is 13.3 Å². The van der Waals surface area contributed by atoms with Crippen molar-refractivity contribution in [1.29, 1.82) is 0 Å². The molecule has 1 aromatic heterocycles. The van der Waals surface area contributed by atoms with Gasteiger partial charge >= 0.3 is 5.97 Å². The van der Waals surface area contributed by atoms with E-state index in [9.17, 15) is 4.79 Å². The lowest BCUT2D eigenvalue weighted by Gasteiger charge is -2.06. The molecule has 0 spiro atoms. The van der Waals surface area contributed by atoms with Crippen molar-refractivity contribution in [3.8, 4) is 0 Å². The number of hydrogen-bond donors (Lipinski definition) is 1. The molecule has 82 valence electrons. The van der Waals surface area contributed by atoms with Crippen molar-refractivity contribution >= 4 is 23.4 Å². The largest absolute Gasteiger partial charge is 0.466 e. The summed E-state index contributed by atoms with van der Waals surface area (Å²) in [4.78, 5) is 15.0. The van der Waals surface area contributed by atoms with Crippen LogP contribution in [-0.4, -0.2) is 24.1 Å². The van der Waals surface area contributed by atoms with Gasteiger partial charge in [-0.25, -0.2) is 4.98 Å². The standard InChI is InChI=1S/C10H13ClN2O2/c1-2-15-9(14)5-7-13-10-8(11)4-3-6-12-10/h3-4,6H,2,5,7H2,1H3,(H,12,13). The Morgan fingerprint density at radius 1 is 1.67 bits per heavy atom. The Labute approximate surface area is 93.6 Å². The highest BCUT2D eigenvalue weighted by Gasteiger charge is 2.03. The molecule has 1 heterocycles. The monoisotopic (exact) mass is 228 g/mol. The molecule has 0 saturated heterocycles. The molecule has 1 rings (SSSR count). The van der Waals surface area contributed by atoms with Gasteiger partial charge in [0.1, 0.15) is 5.82 Å². The third-order valence-corrected chi connectivity index (χ3v) is 1.99. The second-order valence-corrected chi connectivity index (χ2v) is 3.22. The van der Waals surface area contributed by atoms with Crippen molar-refractivity contribution in [1.82, 2.24) is 4.98 Å². The van der Waals surface area contributed by atoms with Crippen LogP contribution in [0.15, 0.2) is 18.3 Å². The Morgan fingerprint density at radius 2 is 2.47 bits per heavy atom. The van der Waals surface area contributed by atoms with Gasteiger partial charge in [-0.05, 0) is 19.1 Å². The van der Waals surface area contributed by atoms with E-state index in [1.807, 2.05) is 0 Å². The molecule has 15 heavy (non-hydrogen) atoms. The number of ether oxygens (including phenoxy) is 1. The summed E-state index contributed by atoms with van der Waals surface area (Å²) in [6.45, 7) is 2.65. The quantitative estimate of drug-likeness (QED) is 0.785. The van der Waals surface area contributed by atoms with Crippen LogP contribution in [-0.2, 0) is 9.53 Å². The number of halogens is 1. The van der Waals surface area contributed by atoms with Gasteiger partial charge in [-0.15, -0.1) is 0 Å². The van der Waals surface area contributed by atoms with E-state index in [4.69, 9.17) is 16.3 Å². The summed E-state index contributed by atoms with van der Waals surface area (Å²) in [6, 6.07) is 3.49. The molecule has 0 amide bonds. The molecule has 0 saturated carbocycles. The van der Waals surface area contributed by atoms with Crippen molar-refractivity contribution in [2.75, 3.05) is 18.5 Å². The first kappa shape index (κ1) is 11.8. The number of hydrogen-bond acceptors (Lipinski definition) is 4. The van der Waals surface area contributed by atoms with E-state index in [0.717, 1.165) is 0 Å². The van der Waals surface area contributed by atoms with Gasteiger partial charge in [-0.1, -0.05) is 11.6 Å². The van der Waals surface area contributed by atoms with E-state index in [1.165, 1.54) is 0 Å². The zero-order valence-electron chi connectivity index (χ0n) is 8.50. The van der Waals surface area contributed by atoms with Crippen LogP contribution in [0.25, 0.3) is 0 Å². The third kappa shape index (κ3) is 4.16. The normalized spacial score (nSPS) is 9.73. The first-order valence-electron chi connectivity index (χ1n) is 4.74. The minimum Gasteiger partial charge on any atom is -0.466 e. The zero-order chi connectivity index (χ0) is 11.1. The van der Waals surface area contributed by atoms with Crippen LogP contribution in [0, 0.1) is 0 Å². The van der Waals surface area contributed by atoms with E-state index < -0.39 is 0 Å². The second kappa shape index (κ2) is 6.24. The average molecular weight is 229 g/mol. The summed E-state index contributed by atoms with van der Waals surface area (Å²) in [6.07, 6.45) is 1.94. The topological polar surface area (TPSA) is 51.2 Å². The third-order valence-electron chi connectivity index (χ3n) is 1.69. The Morgan fingerprint density at radius 3 is 3.13 bits per heavy atom. The number of pyridine rings is 1. The molecule has 0 fully saturated rings. The number of rotatable bonds is 5. The molecule has 0 aliphatic rings. The summed E-state index contributed by atoms with van der Waals surface area (Å²) in [5, 5.41) is 3.50. The van der Waals surface area contributed by atoms with Crippen molar-refractivity contribution < 1.29 is 9.53 Å². The fourth-order valence-electron chi connectivity index (χ4n) is 1.03. The minimum atomic E-state index is -0.225. The Hall–Kier alpha value is -1.29. The van der Waals surface area contributed by atoms with Gasteiger partial charge in [-0.3, -0.25) is 4.79 Å². The number of carbonyl (C=O) groups excluding carboxylic acids is 1. The molecule has 1 aromatic rings. The van der Waals surface area contributed by atoms with E-state index >= 15 is 0 Å². The molecule has 5 heteroatoms. The van der Waals surface area contributed by atoms with Crippen LogP contribution >= 0.6 is 11.6 Å². The van der Waals surface area contributed by atoms with Crippen LogP contribution in [0.2, 0.25) is 5.02 Å². The lowest BCUT2D eigenvalue weighted by Crippen LogP contribution is -2.12. The lowest BCUT2D eigenvalue weighted by molar-refractivity contribution is -0.142. The number of aromatic nitrogens is 1. The first-order valence-corrected chi connectivity index (χ1v) is 5.12. The molecule has 0 unspecified atom stereocenters. The molecule has 4 nitrogen and oxygen atoms in total. The van der Waals surface area contributed by atoms with Crippen LogP contribution in [0.4, 0.5) is 5.82 Å². The number of nitrogens with zero attached hydrogens (tertiary/aromatic N) is 1. The molecule has 0 aliphatic heterocycles. The van der Waals surface area contributed by atoms with Gasteiger partial charge in [0.15, 0.2) is 0 Å². The summed E-state index contributed by atoms with van der Waals surface area (Å²) in [5.41, 5.74) is 0. The molecular formula is C10H13ClN2O2. The highest BCUT2D eigenvalue weighted by Crippen LogP contribution is 2.16. The Kier molecular flexibility index (Phi) is 4.90. The molecule has 0 bridgehead atoms. The summed E-state index contributed by atoms with van der Waals surface area (Å²) >= 11 is 5.86. The number of esters is 1. The van der Waals surface area contributed by atoms with Gasteiger partial charge in [0.2, 0.25) is 0 Å². The molecule has 0 atom stereocenters. The number of nitrogens with one attached hydrogen (secondary N) is 1. The molecule has 0 radical (unpaired) electrons. The average Bonchev–Trinajstić information content (AvgIpc) is 2.21. The van der Waals surface area contributed by atoms with Crippen molar-refractivity contribution in [2.45, 2.75) is 13.3 Å². The molecular weight excluding hydrogens is 216 g/mol. The van der Waals surface area contributed by atoms with Gasteiger partial charge in [0.25, 0.3) is 0 Å². The maximum atomic E-state index is 11.0. The van der Waals surface area contributed by atoms with E-state index in [-0.39, 0.29) is 5.97 Å². The van der Waals surface area contributed by atoms with E-state index in [1.54, 1.807) is 25.3 Å². The van der Waals surface area contributed by atoms with Gasteiger partial charge in [0, 0.05) is 12.7 Å². The predicted molar refractivity (Wildman–Crippen MR) is 59.0 cm³/mol. The van der Waals surface area contributed by atoms with Crippen molar-refractivity contribution in [2.24, 2.45) is 0 Å². The maximum absolute atomic E-state index is 11.0. The lowest BCUT2D eigenvalue weighted by atomic mass is 10.4. The van der Waals surface area contributed by atoms with Gasteiger partial charge in [-0.2, -0.15) is 0 Å². The predicted octanol–water partition coefficient (Wildman–Crippen LogP) is 2.10. The van der Waals surface area contributed by atoms with Crippen LogP contribution in [0.3, 0.4) is 0 Å². The summed E-state index contributed by atoms with van der Waals surface area (Å²) in [7, 11) is 0. The SMILES string of the molecule is CCOC(=O)CCNc1ncccc1Cl. The van der Waals surface area contributed by atoms with Crippen LogP contribution in [0.5, 0.6) is 0 Å². The van der Waals surface area contributed by atoms with Gasteiger partial charge in [0.05, 0.1) is 18.1 Å². The van der Waals surface area contributed by atoms with Crippen molar-refractivity contribution in [3.05, 3.63) is 23.4 Å². The van der Waals surface area contributed by atoms with Crippen LogP contribution < -0.4 is 5.32 Å². The summed E-state index contributed by atoms with van der Waals surface area (Å²) in [5.74, 6) is 0.362. The van der Waals surface area contributed by atoms with Gasteiger partial charge < -0.3 is 10.1 Å². The first-order chi connectivity index (χ1) is 7.24. The van der Waals surface area contributed by atoms with E-state index in [0.29, 0.717) is 30.4 Å². The molecule has 1 N–H and O–H groups in total. The molecule has 0 aliphatic carbocycles. The second-order valence-electron chi connectivity index (χ2n) is 2.82. The maximum Gasteiger partial charge on any atom is 0.307 e. The number of anilines is 1.